The van der Waals surface area contributed by atoms with Crippen molar-refractivity contribution in [1.29, 1.82) is 0 Å². The molecule has 0 fully saturated rings. The largest absolute Gasteiger partial charge is 0.294 e. The van der Waals surface area contributed by atoms with E-state index in [9.17, 15) is 4.79 Å². The molecule has 2 heterocycles. The molecule has 0 saturated heterocycles. The van der Waals surface area contributed by atoms with Crippen LogP contribution in [-0.2, 0) is 6.54 Å². The van der Waals surface area contributed by atoms with Crippen molar-refractivity contribution < 1.29 is 0 Å². The molecule has 0 amide bonds. The highest BCUT2D eigenvalue weighted by molar-refractivity contribution is 7.19. The van der Waals surface area contributed by atoms with Gasteiger partial charge < -0.3 is 0 Å². The smallest absolute Gasteiger partial charge is 0.265 e. The minimum absolute atomic E-state index is 0.135. The van der Waals surface area contributed by atoms with Crippen LogP contribution in [0.25, 0.3) is 21.5 Å². The van der Waals surface area contributed by atoms with E-state index in [0.29, 0.717) is 12.1 Å². The van der Waals surface area contributed by atoms with Gasteiger partial charge in [0.25, 0.3) is 5.56 Å². The second-order valence-electron chi connectivity index (χ2n) is 7.03. The normalized spacial score (nSPS) is 11.3. The summed E-state index contributed by atoms with van der Waals surface area (Å²) in [5.74, 6) is 0. The molecule has 0 aliphatic carbocycles. The van der Waals surface area contributed by atoms with Gasteiger partial charge in [-0.25, -0.2) is 9.67 Å². The Morgan fingerprint density at radius 3 is 2.52 bits per heavy atom. The average Bonchev–Trinajstić information content (AvgIpc) is 3.00. The van der Waals surface area contributed by atoms with E-state index < -0.39 is 0 Å². The van der Waals surface area contributed by atoms with Crippen LogP contribution in [0, 0.1) is 27.7 Å². The first-order valence-electron chi connectivity index (χ1n) is 8.94. The summed E-state index contributed by atoms with van der Waals surface area (Å²) in [6.45, 7) is 8.58. The summed E-state index contributed by atoms with van der Waals surface area (Å²) >= 11 is 1.53. The van der Waals surface area contributed by atoms with Crippen LogP contribution in [0.2, 0.25) is 0 Å². The first-order chi connectivity index (χ1) is 12.9. The molecule has 136 valence electrons. The van der Waals surface area contributed by atoms with Crippen LogP contribution in [0.1, 0.15) is 27.3 Å². The van der Waals surface area contributed by atoms with E-state index in [1.165, 1.54) is 22.5 Å². The molecule has 0 spiro atoms. The van der Waals surface area contributed by atoms with Crippen LogP contribution in [0.4, 0.5) is 0 Å². The molecule has 0 atom stereocenters. The fourth-order valence-electron chi connectivity index (χ4n) is 3.41. The van der Waals surface area contributed by atoms with Crippen LogP contribution in [-0.4, -0.2) is 14.8 Å². The zero-order valence-corrected chi connectivity index (χ0v) is 16.7. The molecular formula is C22H21N3OS. The summed E-state index contributed by atoms with van der Waals surface area (Å²) in [7, 11) is 0. The summed E-state index contributed by atoms with van der Waals surface area (Å²) in [6, 6.07) is 14.5. The number of hydrogen-bond acceptors (Lipinski definition) is 4. The molecule has 4 aromatic rings. The number of hydrogen-bond donors (Lipinski definition) is 0. The maximum absolute atomic E-state index is 13.0. The molecule has 5 heteroatoms. The van der Waals surface area contributed by atoms with E-state index in [1.807, 2.05) is 32.0 Å². The van der Waals surface area contributed by atoms with Gasteiger partial charge in [-0.1, -0.05) is 53.6 Å². The lowest BCUT2D eigenvalue weighted by molar-refractivity contribution is 0.649. The molecule has 4 rings (SSSR count). The van der Waals surface area contributed by atoms with Crippen LogP contribution < -0.4 is 5.56 Å². The summed E-state index contributed by atoms with van der Waals surface area (Å²) < 4.78 is 2.41. The van der Waals surface area contributed by atoms with E-state index in [0.717, 1.165) is 32.1 Å². The Balaban J connectivity index is 1.95. The van der Waals surface area contributed by atoms with E-state index in [-0.39, 0.29) is 5.56 Å². The van der Waals surface area contributed by atoms with E-state index in [2.05, 4.69) is 43.1 Å². The predicted octanol–water partition coefficient (Wildman–Crippen LogP) is 4.80. The van der Waals surface area contributed by atoms with Crippen molar-refractivity contribution in [2.24, 2.45) is 0 Å². The van der Waals surface area contributed by atoms with E-state index in [4.69, 9.17) is 5.10 Å². The third kappa shape index (κ3) is 3.30. The summed E-state index contributed by atoms with van der Waals surface area (Å²) in [6.07, 6.45) is 0. The Morgan fingerprint density at radius 1 is 1.00 bits per heavy atom. The van der Waals surface area contributed by atoms with Gasteiger partial charge in [-0.2, -0.15) is 5.10 Å². The number of nitrogens with zero attached hydrogens (tertiary/aromatic N) is 3. The number of thiazole rings is 1. The monoisotopic (exact) mass is 375 g/mol. The first kappa shape index (κ1) is 17.6. The zero-order valence-electron chi connectivity index (χ0n) is 15.9. The van der Waals surface area contributed by atoms with Crippen molar-refractivity contribution in [1.82, 2.24) is 14.8 Å². The molecular weight excluding hydrogens is 354 g/mol. The van der Waals surface area contributed by atoms with Gasteiger partial charge in [-0.05, 0) is 38.8 Å². The second-order valence-corrected chi connectivity index (χ2v) is 8.23. The molecule has 0 N–H and O–H groups in total. The van der Waals surface area contributed by atoms with Crippen LogP contribution in [0.15, 0.2) is 47.3 Å². The van der Waals surface area contributed by atoms with Crippen molar-refractivity contribution in [3.8, 4) is 11.3 Å². The maximum Gasteiger partial charge on any atom is 0.294 e. The third-order valence-electron chi connectivity index (χ3n) is 4.66. The van der Waals surface area contributed by atoms with Crippen molar-refractivity contribution in [3.05, 3.63) is 80.1 Å². The number of rotatable bonds is 3. The van der Waals surface area contributed by atoms with Crippen LogP contribution in [0.3, 0.4) is 0 Å². The van der Waals surface area contributed by atoms with Crippen molar-refractivity contribution in [2.75, 3.05) is 0 Å². The molecule has 0 bridgehead atoms. The van der Waals surface area contributed by atoms with E-state index >= 15 is 0 Å². The lowest BCUT2D eigenvalue weighted by atomic mass is 10.0. The highest BCUT2D eigenvalue weighted by Crippen LogP contribution is 2.31. The van der Waals surface area contributed by atoms with Crippen molar-refractivity contribution >= 4 is 21.6 Å². The Kier molecular flexibility index (Phi) is 4.40. The predicted molar refractivity (Wildman–Crippen MR) is 112 cm³/mol. The number of fused-ring (bicyclic) bond motifs is 1. The quantitative estimate of drug-likeness (QED) is 0.517. The zero-order chi connectivity index (χ0) is 19.1. The van der Waals surface area contributed by atoms with Crippen molar-refractivity contribution in [3.63, 3.8) is 0 Å². The summed E-state index contributed by atoms with van der Waals surface area (Å²) in [5.41, 5.74) is 6.84. The minimum atomic E-state index is -0.135. The van der Waals surface area contributed by atoms with Crippen LogP contribution >= 0.6 is 11.3 Å². The van der Waals surface area contributed by atoms with Crippen LogP contribution in [0.5, 0.6) is 0 Å². The SMILES string of the molecule is Cc1cccc(Cn2nc(-c3ccc(C)cc3C)c3sc(C)nc3c2=O)c1. The lowest BCUT2D eigenvalue weighted by Crippen LogP contribution is -2.24. The molecule has 0 unspecified atom stereocenters. The third-order valence-corrected chi connectivity index (χ3v) is 5.64. The molecule has 4 nitrogen and oxygen atoms in total. The van der Waals surface area contributed by atoms with Gasteiger partial charge in [0.15, 0.2) is 5.52 Å². The first-order valence-corrected chi connectivity index (χ1v) is 9.75. The highest BCUT2D eigenvalue weighted by Gasteiger charge is 2.17. The van der Waals surface area contributed by atoms with Gasteiger partial charge in [-0.15, -0.1) is 11.3 Å². The van der Waals surface area contributed by atoms with Gasteiger partial charge in [-0.3, -0.25) is 4.79 Å². The molecule has 27 heavy (non-hydrogen) atoms. The fraction of sp³-hybridized carbons (Fsp3) is 0.227. The number of aromatic nitrogens is 3. The molecule has 2 aromatic carbocycles. The Bertz CT molecular complexity index is 1220. The maximum atomic E-state index is 13.0. The Labute approximate surface area is 162 Å². The standard InChI is InChI=1S/C22H21N3OS/c1-13-6-5-7-17(11-13)12-25-22(26)20-21(27-16(4)23-20)19(24-25)18-9-8-14(2)10-15(18)3/h5-11H,12H2,1-4H3. The van der Waals surface area contributed by atoms with E-state index in [1.54, 1.807) is 4.68 Å². The summed E-state index contributed by atoms with van der Waals surface area (Å²) in [5, 5.41) is 5.65. The fourth-order valence-corrected chi connectivity index (χ4v) is 4.32. The second kappa shape index (κ2) is 6.74. The molecule has 0 aliphatic rings. The molecule has 0 radical (unpaired) electrons. The van der Waals surface area contributed by atoms with Crippen molar-refractivity contribution in [2.45, 2.75) is 34.2 Å². The van der Waals surface area contributed by atoms with Gasteiger partial charge >= 0.3 is 0 Å². The average molecular weight is 375 g/mol. The number of aryl methyl sites for hydroxylation is 4. The molecule has 2 aromatic heterocycles. The minimum Gasteiger partial charge on any atom is -0.265 e. The Morgan fingerprint density at radius 2 is 1.78 bits per heavy atom. The number of benzene rings is 2. The van der Waals surface area contributed by atoms with Gasteiger partial charge in [0.1, 0.15) is 5.69 Å². The lowest BCUT2D eigenvalue weighted by Gasteiger charge is -2.11. The van der Waals surface area contributed by atoms with Gasteiger partial charge in [0.2, 0.25) is 0 Å². The molecule has 0 aliphatic heterocycles. The summed E-state index contributed by atoms with van der Waals surface area (Å²) in [4.78, 5) is 17.5. The topological polar surface area (TPSA) is 47.8 Å². The Hall–Kier alpha value is -2.79. The highest BCUT2D eigenvalue weighted by atomic mass is 32.1. The van der Waals surface area contributed by atoms with Gasteiger partial charge in [0, 0.05) is 5.56 Å². The van der Waals surface area contributed by atoms with Gasteiger partial charge in [0.05, 0.1) is 16.3 Å². The molecule has 0 saturated carbocycles.